The lowest BCUT2D eigenvalue weighted by molar-refractivity contribution is -0.143. The van der Waals surface area contributed by atoms with Gasteiger partial charge in [-0.15, -0.1) is 0 Å². The summed E-state index contributed by atoms with van der Waals surface area (Å²) >= 11 is 5.99. The molecule has 0 spiro atoms. The average molecular weight is 352 g/mol. The van der Waals surface area contributed by atoms with Crippen LogP contribution >= 0.6 is 11.6 Å². The SMILES string of the molecule is CC(C)(C)C(=O)N1CCCC1C(=O)Nc1ccc(C(N)=O)c(Cl)c1. The maximum atomic E-state index is 12.5. The molecule has 0 radical (unpaired) electrons. The van der Waals surface area contributed by atoms with Crippen LogP contribution in [0.2, 0.25) is 5.02 Å². The van der Waals surface area contributed by atoms with Gasteiger partial charge in [-0.25, -0.2) is 0 Å². The van der Waals surface area contributed by atoms with Gasteiger partial charge in [0.2, 0.25) is 17.7 Å². The fourth-order valence-electron chi connectivity index (χ4n) is 2.73. The van der Waals surface area contributed by atoms with Crippen molar-refractivity contribution in [2.45, 2.75) is 39.7 Å². The molecule has 1 heterocycles. The van der Waals surface area contributed by atoms with Gasteiger partial charge < -0.3 is 16.0 Å². The van der Waals surface area contributed by atoms with E-state index in [-0.39, 0.29) is 22.4 Å². The molecular formula is C17H22ClN3O3. The van der Waals surface area contributed by atoms with E-state index >= 15 is 0 Å². The molecular weight excluding hydrogens is 330 g/mol. The molecule has 1 aromatic carbocycles. The van der Waals surface area contributed by atoms with Crippen molar-refractivity contribution in [3.05, 3.63) is 28.8 Å². The Bertz CT molecular complexity index is 682. The predicted molar refractivity (Wildman–Crippen MR) is 92.8 cm³/mol. The monoisotopic (exact) mass is 351 g/mol. The number of hydrogen-bond donors (Lipinski definition) is 2. The normalized spacial score (nSPS) is 17.7. The number of carbonyl (C=O) groups is 3. The van der Waals surface area contributed by atoms with Crippen LogP contribution in [0.1, 0.15) is 44.0 Å². The second kappa shape index (κ2) is 6.81. The minimum Gasteiger partial charge on any atom is -0.366 e. The Hall–Kier alpha value is -2.08. The van der Waals surface area contributed by atoms with Gasteiger partial charge in [0.25, 0.3) is 0 Å². The summed E-state index contributed by atoms with van der Waals surface area (Å²) in [6.07, 6.45) is 1.42. The standard InChI is InChI=1S/C17H22ClN3O3/c1-17(2,3)16(24)21-8-4-5-13(21)15(23)20-10-6-7-11(14(19)22)12(18)9-10/h6-7,9,13H,4-5,8H2,1-3H3,(H2,19,22)(H,20,23). The number of rotatable bonds is 3. The van der Waals surface area contributed by atoms with E-state index in [1.54, 1.807) is 11.0 Å². The van der Waals surface area contributed by atoms with Crippen molar-refractivity contribution >= 4 is 35.0 Å². The third-order valence-electron chi connectivity index (χ3n) is 3.96. The molecule has 0 bridgehead atoms. The van der Waals surface area contributed by atoms with Gasteiger partial charge in [0.05, 0.1) is 10.6 Å². The van der Waals surface area contributed by atoms with E-state index in [0.717, 1.165) is 6.42 Å². The maximum Gasteiger partial charge on any atom is 0.250 e. The van der Waals surface area contributed by atoms with Crippen molar-refractivity contribution in [3.8, 4) is 0 Å². The smallest absolute Gasteiger partial charge is 0.250 e. The Balaban J connectivity index is 2.13. The van der Waals surface area contributed by atoms with Crippen LogP contribution in [0.4, 0.5) is 5.69 Å². The number of halogens is 1. The third kappa shape index (κ3) is 3.87. The van der Waals surface area contributed by atoms with E-state index in [0.29, 0.717) is 18.7 Å². The van der Waals surface area contributed by atoms with Crippen LogP contribution in [-0.4, -0.2) is 35.2 Å². The molecule has 6 nitrogen and oxygen atoms in total. The molecule has 24 heavy (non-hydrogen) atoms. The largest absolute Gasteiger partial charge is 0.366 e. The summed E-state index contributed by atoms with van der Waals surface area (Å²) in [7, 11) is 0. The van der Waals surface area contributed by atoms with Gasteiger partial charge in [-0.1, -0.05) is 32.4 Å². The van der Waals surface area contributed by atoms with Crippen LogP contribution < -0.4 is 11.1 Å². The highest BCUT2D eigenvalue weighted by Crippen LogP contribution is 2.27. The van der Waals surface area contributed by atoms with Gasteiger partial charge in [-0.2, -0.15) is 0 Å². The van der Waals surface area contributed by atoms with Gasteiger partial charge in [0.15, 0.2) is 0 Å². The summed E-state index contributed by atoms with van der Waals surface area (Å²) in [5.41, 5.74) is 5.33. The number of likely N-dealkylation sites (tertiary alicyclic amines) is 1. The first kappa shape index (κ1) is 18.3. The fourth-order valence-corrected chi connectivity index (χ4v) is 3.01. The van der Waals surface area contributed by atoms with Crippen molar-refractivity contribution in [2.75, 3.05) is 11.9 Å². The second-order valence-electron chi connectivity index (χ2n) is 6.95. The summed E-state index contributed by atoms with van der Waals surface area (Å²) in [5.74, 6) is -0.925. The molecule has 130 valence electrons. The molecule has 0 saturated carbocycles. The zero-order valence-electron chi connectivity index (χ0n) is 14.1. The Morgan fingerprint density at radius 1 is 1.29 bits per heavy atom. The zero-order valence-corrected chi connectivity index (χ0v) is 14.8. The van der Waals surface area contributed by atoms with Crippen molar-refractivity contribution in [1.29, 1.82) is 0 Å². The number of benzene rings is 1. The lowest BCUT2D eigenvalue weighted by Gasteiger charge is -2.30. The molecule has 1 aliphatic rings. The summed E-state index contributed by atoms with van der Waals surface area (Å²) < 4.78 is 0. The molecule has 1 atom stereocenters. The van der Waals surface area contributed by atoms with Crippen LogP contribution in [0.25, 0.3) is 0 Å². The highest BCUT2D eigenvalue weighted by Gasteiger charge is 2.38. The highest BCUT2D eigenvalue weighted by atomic mass is 35.5. The Labute approximate surface area is 146 Å². The minimum atomic E-state index is -0.629. The van der Waals surface area contributed by atoms with Gasteiger partial charge >= 0.3 is 0 Å². The fraction of sp³-hybridized carbons (Fsp3) is 0.471. The quantitative estimate of drug-likeness (QED) is 0.875. The molecule has 1 fully saturated rings. The number of anilines is 1. The van der Waals surface area contributed by atoms with Crippen molar-refractivity contribution in [1.82, 2.24) is 4.90 Å². The van der Waals surface area contributed by atoms with Crippen LogP contribution in [0.3, 0.4) is 0 Å². The molecule has 1 aromatic rings. The van der Waals surface area contributed by atoms with Crippen LogP contribution in [0.15, 0.2) is 18.2 Å². The molecule has 0 aliphatic carbocycles. The van der Waals surface area contributed by atoms with Crippen molar-refractivity contribution in [3.63, 3.8) is 0 Å². The van der Waals surface area contributed by atoms with E-state index in [2.05, 4.69) is 5.32 Å². The van der Waals surface area contributed by atoms with Gasteiger partial charge in [0.1, 0.15) is 6.04 Å². The molecule has 2 rings (SSSR count). The third-order valence-corrected chi connectivity index (χ3v) is 4.27. The lowest BCUT2D eigenvalue weighted by Crippen LogP contribution is -2.47. The molecule has 0 aromatic heterocycles. The highest BCUT2D eigenvalue weighted by molar-refractivity contribution is 6.34. The summed E-state index contributed by atoms with van der Waals surface area (Å²) in [6, 6.07) is 4.01. The predicted octanol–water partition coefficient (Wildman–Crippen LogP) is 2.41. The molecule has 1 saturated heterocycles. The van der Waals surface area contributed by atoms with Crippen LogP contribution in [-0.2, 0) is 9.59 Å². The van der Waals surface area contributed by atoms with Gasteiger partial charge in [0, 0.05) is 17.6 Å². The first-order valence-corrected chi connectivity index (χ1v) is 8.20. The van der Waals surface area contributed by atoms with Gasteiger partial charge in [-0.05, 0) is 31.0 Å². The maximum absolute atomic E-state index is 12.5. The molecule has 7 heteroatoms. The zero-order chi connectivity index (χ0) is 18.1. The molecule has 3 N–H and O–H groups in total. The molecule has 3 amide bonds. The first-order valence-electron chi connectivity index (χ1n) is 7.82. The number of hydrogen-bond acceptors (Lipinski definition) is 3. The number of carbonyl (C=O) groups excluding carboxylic acids is 3. The Morgan fingerprint density at radius 3 is 2.50 bits per heavy atom. The minimum absolute atomic E-state index is 0.0396. The van der Waals surface area contributed by atoms with Crippen molar-refractivity contribution < 1.29 is 14.4 Å². The van der Waals surface area contributed by atoms with E-state index < -0.39 is 17.4 Å². The number of nitrogens with zero attached hydrogens (tertiary/aromatic N) is 1. The number of amides is 3. The van der Waals surface area contributed by atoms with Crippen LogP contribution in [0, 0.1) is 5.41 Å². The number of nitrogens with one attached hydrogen (secondary N) is 1. The van der Waals surface area contributed by atoms with E-state index in [1.165, 1.54) is 12.1 Å². The van der Waals surface area contributed by atoms with E-state index in [9.17, 15) is 14.4 Å². The summed E-state index contributed by atoms with van der Waals surface area (Å²) in [6.45, 7) is 6.09. The Kier molecular flexibility index (Phi) is 5.18. The number of primary amides is 1. The topological polar surface area (TPSA) is 92.5 Å². The lowest BCUT2D eigenvalue weighted by atomic mass is 9.94. The van der Waals surface area contributed by atoms with E-state index in [4.69, 9.17) is 17.3 Å². The van der Waals surface area contributed by atoms with E-state index in [1.807, 2.05) is 20.8 Å². The molecule has 1 unspecified atom stereocenters. The second-order valence-corrected chi connectivity index (χ2v) is 7.36. The van der Waals surface area contributed by atoms with Gasteiger partial charge in [-0.3, -0.25) is 14.4 Å². The average Bonchev–Trinajstić information content (AvgIpc) is 2.94. The molecule has 1 aliphatic heterocycles. The first-order chi connectivity index (χ1) is 11.1. The van der Waals surface area contributed by atoms with Crippen molar-refractivity contribution in [2.24, 2.45) is 11.1 Å². The van der Waals surface area contributed by atoms with Crippen LogP contribution in [0.5, 0.6) is 0 Å². The summed E-state index contributed by atoms with van der Waals surface area (Å²) in [5, 5.41) is 2.93. The number of nitrogens with two attached hydrogens (primary N) is 1. The Morgan fingerprint density at radius 2 is 1.96 bits per heavy atom. The summed E-state index contributed by atoms with van der Waals surface area (Å²) in [4.78, 5) is 37.8.